The lowest BCUT2D eigenvalue weighted by Gasteiger charge is -2.26. The Labute approximate surface area is 119 Å². The molecule has 1 fully saturated rings. The molecule has 1 atom stereocenters. The fourth-order valence-corrected chi connectivity index (χ4v) is 2.61. The van der Waals surface area contributed by atoms with E-state index in [0.29, 0.717) is 17.9 Å². The van der Waals surface area contributed by atoms with Crippen LogP contribution in [0, 0.1) is 5.82 Å². The van der Waals surface area contributed by atoms with Gasteiger partial charge in [-0.05, 0) is 51.8 Å². The summed E-state index contributed by atoms with van der Waals surface area (Å²) in [4.78, 5) is 16.9. The van der Waals surface area contributed by atoms with E-state index in [1.54, 1.807) is 0 Å². The number of ether oxygens (including phenoxy) is 1. The molecule has 110 valence electrons. The number of benzene rings is 1. The van der Waals surface area contributed by atoms with Crippen molar-refractivity contribution in [3.63, 3.8) is 0 Å². The molecule has 0 bridgehead atoms. The Kier molecular flexibility index (Phi) is 4.73. The van der Waals surface area contributed by atoms with E-state index in [0.717, 1.165) is 19.5 Å². The smallest absolute Gasteiger partial charge is 0.185 e. The number of carbonyl (C=O) groups is 1. The summed E-state index contributed by atoms with van der Waals surface area (Å²) in [5.41, 5.74) is 0.319. The first kappa shape index (κ1) is 14.9. The maximum absolute atomic E-state index is 13.4. The number of carbonyl (C=O) groups excluding carboxylic acids is 1. The topological polar surface area (TPSA) is 32.8 Å². The van der Waals surface area contributed by atoms with Gasteiger partial charge in [0.25, 0.3) is 0 Å². The molecular formula is C15H21FN2O2. The Bertz CT molecular complexity index is 493. The summed E-state index contributed by atoms with van der Waals surface area (Å²) < 4.78 is 18.6. The number of methoxy groups -OCH3 is 1. The monoisotopic (exact) mass is 280 g/mol. The summed E-state index contributed by atoms with van der Waals surface area (Å²) in [6.45, 7) is 2.47. The van der Waals surface area contributed by atoms with Crippen molar-refractivity contribution < 1.29 is 13.9 Å². The van der Waals surface area contributed by atoms with Crippen molar-refractivity contribution >= 4 is 5.78 Å². The number of Topliss-reactive ketones (excluding diaryl/α,β-unsaturated/α-hetero) is 1. The quantitative estimate of drug-likeness (QED) is 0.788. The average Bonchev–Trinajstić information content (AvgIpc) is 2.59. The molecular weight excluding hydrogens is 259 g/mol. The maximum Gasteiger partial charge on any atom is 0.185 e. The molecule has 1 aromatic carbocycles. The van der Waals surface area contributed by atoms with Gasteiger partial charge in [-0.1, -0.05) is 0 Å². The zero-order chi connectivity index (χ0) is 14.7. The highest BCUT2D eigenvalue weighted by Gasteiger charge is 2.29. The van der Waals surface area contributed by atoms with Crippen LogP contribution in [-0.4, -0.2) is 62.5 Å². The fourth-order valence-electron chi connectivity index (χ4n) is 2.61. The number of hydrogen-bond acceptors (Lipinski definition) is 4. The van der Waals surface area contributed by atoms with Crippen LogP contribution in [0.25, 0.3) is 0 Å². The first-order valence-corrected chi connectivity index (χ1v) is 6.79. The van der Waals surface area contributed by atoms with E-state index in [4.69, 9.17) is 4.74 Å². The summed E-state index contributed by atoms with van der Waals surface area (Å²) >= 11 is 0. The number of likely N-dealkylation sites (N-methyl/N-ethyl adjacent to an activating group) is 2. The van der Waals surface area contributed by atoms with Crippen LogP contribution in [0.3, 0.4) is 0 Å². The Morgan fingerprint density at radius 1 is 1.35 bits per heavy atom. The molecule has 0 aromatic heterocycles. The molecule has 5 heteroatoms. The minimum absolute atomic E-state index is 0.0856. The highest BCUT2D eigenvalue weighted by molar-refractivity contribution is 6.02. The summed E-state index contributed by atoms with van der Waals surface area (Å²) in [6.07, 6.45) is 1.02. The van der Waals surface area contributed by atoms with Crippen molar-refractivity contribution in [2.24, 2.45) is 0 Å². The third kappa shape index (κ3) is 3.16. The molecule has 1 unspecified atom stereocenters. The molecule has 0 radical (unpaired) electrons. The molecule has 1 saturated heterocycles. The second kappa shape index (κ2) is 6.33. The van der Waals surface area contributed by atoms with E-state index in [1.807, 2.05) is 19.0 Å². The largest absolute Gasteiger partial charge is 0.496 e. The van der Waals surface area contributed by atoms with Gasteiger partial charge in [-0.15, -0.1) is 0 Å². The fraction of sp³-hybridized carbons (Fsp3) is 0.533. The second-order valence-corrected chi connectivity index (χ2v) is 5.32. The number of nitrogens with zero attached hydrogens (tertiary/aromatic N) is 2. The lowest BCUT2D eigenvalue weighted by Crippen LogP contribution is -2.43. The predicted molar refractivity (Wildman–Crippen MR) is 75.8 cm³/mol. The van der Waals surface area contributed by atoms with Gasteiger partial charge in [0.15, 0.2) is 5.78 Å². The van der Waals surface area contributed by atoms with Gasteiger partial charge in [0.1, 0.15) is 11.6 Å². The average molecular weight is 280 g/mol. The van der Waals surface area contributed by atoms with Gasteiger partial charge in [-0.25, -0.2) is 4.39 Å². The van der Waals surface area contributed by atoms with E-state index in [9.17, 15) is 9.18 Å². The summed E-state index contributed by atoms with van der Waals surface area (Å²) in [5, 5.41) is 0. The number of halogens is 1. The summed E-state index contributed by atoms with van der Waals surface area (Å²) in [5.74, 6) is -0.0759. The van der Waals surface area contributed by atoms with Crippen LogP contribution in [0.2, 0.25) is 0 Å². The molecule has 2 rings (SSSR count). The Balaban J connectivity index is 2.31. The van der Waals surface area contributed by atoms with Crippen LogP contribution < -0.4 is 4.74 Å². The number of ketones is 1. The minimum atomic E-state index is -0.418. The van der Waals surface area contributed by atoms with Gasteiger partial charge in [-0.3, -0.25) is 9.69 Å². The Morgan fingerprint density at radius 3 is 2.80 bits per heavy atom. The van der Waals surface area contributed by atoms with Gasteiger partial charge < -0.3 is 9.64 Å². The second-order valence-electron chi connectivity index (χ2n) is 5.32. The lowest BCUT2D eigenvalue weighted by atomic mass is 10.0. The van der Waals surface area contributed by atoms with Crippen molar-refractivity contribution in [2.45, 2.75) is 12.5 Å². The predicted octanol–water partition coefficient (Wildman–Crippen LogP) is 1.65. The SMILES string of the molecule is COc1ccc(F)cc1C(=O)C1CN(C)CCCN1C. The van der Waals surface area contributed by atoms with Crippen LogP contribution in [0.15, 0.2) is 18.2 Å². The molecule has 1 aliphatic rings. The van der Waals surface area contributed by atoms with Crippen LogP contribution >= 0.6 is 0 Å². The first-order valence-electron chi connectivity index (χ1n) is 6.79. The summed E-state index contributed by atoms with van der Waals surface area (Å²) in [6, 6.07) is 3.81. The molecule has 0 spiro atoms. The molecule has 20 heavy (non-hydrogen) atoms. The third-order valence-electron chi connectivity index (χ3n) is 3.80. The van der Waals surface area contributed by atoms with Crippen molar-refractivity contribution in [2.75, 3.05) is 40.8 Å². The van der Waals surface area contributed by atoms with Crippen molar-refractivity contribution in [3.8, 4) is 5.75 Å². The standard InChI is InChI=1S/C15H21FN2O2/c1-17-7-4-8-18(2)13(10-17)15(19)12-9-11(16)5-6-14(12)20-3/h5-6,9,13H,4,7-8,10H2,1-3H3. The van der Waals surface area contributed by atoms with Crippen LogP contribution in [0.4, 0.5) is 4.39 Å². The zero-order valence-electron chi connectivity index (χ0n) is 12.2. The molecule has 0 aliphatic carbocycles. The van der Waals surface area contributed by atoms with E-state index in [-0.39, 0.29) is 11.8 Å². The minimum Gasteiger partial charge on any atom is -0.496 e. The van der Waals surface area contributed by atoms with Crippen LogP contribution in [0.5, 0.6) is 5.75 Å². The molecule has 1 aliphatic heterocycles. The Hall–Kier alpha value is -1.46. The van der Waals surface area contributed by atoms with E-state index in [2.05, 4.69) is 4.90 Å². The first-order chi connectivity index (χ1) is 9.52. The highest BCUT2D eigenvalue weighted by atomic mass is 19.1. The van der Waals surface area contributed by atoms with Crippen molar-refractivity contribution in [3.05, 3.63) is 29.6 Å². The van der Waals surface area contributed by atoms with E-state index >= 15 is 0 Å². The molecule has 0 saturated carbocycles. The Morgan fingerprint density at radius 2 is 2.10 bits per heavy atom. The van der Waals surface area contributed by atoms with Gasteiger partial charge in [-0.2, -0.15) is 0 Å². The molecule has 0 N–H and O–H groups in total. The normalized spacial score (nSPS) is 21.5. The number of hydrogen-bond donors (Lipinski definition) is 0. The molecule has 1 heterocycles. The van der Waals surface area contributed by atoms with Crippen molar-refractivity contribution in [1.82, 2.24) is 9.80 Å². The third-order valence-corrected chi connectivity index (χ3v) is 3.80. The summed E-state index contributed by atoms with van der Waals surface area (Å²) in [7, 11) is 5.43. The highest BCUT2D eigenvalue weighted by Crippen LogP contribution is 2.23. The van der Waals surface area contributed by atoms with Gasteiger partial charge in [0, 0.05) is 6.54 Å². The van der Waals surface area contributed by atoms with Crippen LogP contribution in [-0.2, 0) is 0 Å². The molecule has 0 amide bonds. The molecule has 1 aromatic rings. The van der Waals surface area contributed by atoms with Gasteiger partial charge >= 0.3 is 0 Å². The molecule has 4 nitrogen and oxygen atoms in total. The van der Waals surface area contributed by atoms with Gasteiger partial charge in [0.2, 0.25) is 0 Å². The number of rotatable bonds is 3. The lowest BCUT2D eigenvalue weighted by molar-refractivity contribution is 0.0836. The van der Waals surface area contributed by atoms with Crippen molar-refractivity contribution in [1.29, 1.82) is 0 Å². The maximum atomic E-state index is 13.4. The van der Waals surface area contributed by atoms with E-state index < -0.39 is 5.82 Å². The zero-order valence-corrected chi connectivity index (χ0v) is 12.2. The van der Waals surface area contributed by atoms with Crippen LogP contribution in [0.1, 0.15) is 16.8 Å². The van der Waals surface area contributed by atoms with Gasteiger partial charge in [0.05, 0.1) is 18.7 Å². The van der Waals surface area contributed by atoms with E-state index in [1.165, 1.54) is 25.3 Å².